The maximum Gasteiger partial charge on any atom is 0.127 e. The fourth-order valence-corrected chi connectivity index (χ4v) is 4.17. The van der Waals surface area contributed by atoms with E-state index in [1.54, 1.807) is 7.11 Å². The van der Waals surface area contributed by atoms with Crippen molar-refractivity contribution in [1.29, 1.82) is 0 Å². The topological polar surface area (TPSA) is 41.8 Å². The van der Waals surface area contributed by atoms with Crippen LogP contribution in [-0.2, 0) is 10.8 Å². The molecular weight excluding hydrogens is 322 g/mol. The molecule has 2 aromatic rings. The Labute approximate surface area is 156 Å². The third-order valence-electron chi connectivity index (χ3n) is 5.94. The lowest BCUT2D eigenvalue weighted by molar-refractivity contribution is 0.322. The van der Waals surface area contributed by atoms with Crippen molar-refractivity contribution in [2.45, 2.75) is 58.3 Å². The molecule has 0 unspecified atom stereocenters. The number of methoxy groups -OCH3 is 1. The summed E-state index contributed by atoms with van der Waals surface area (Å²) in [5.41, 5.74) is 7.36. The van der Waals surface area contributed by atoms with Crippen LogP contribution in [0.4, 0.5) is 0 Å². The van der Waals surface area contributed by atoms with Gasteiger partial charge in [0.05, 0.1) is 13.3 Å². The summed E-state index contributed by atoms with van der Waals surface area (Å²) in [5, 5.41) is 12.4. The van der Waals surface area contributed by atoms with Gasteiger partial charge >= 0.3 is 0 Å². The van der Waals surface area contributed by atoms with Crippen molar-refractivity contribution in [3.8, 4) is 16.9 Å². The van der Waals surface area contributed by atoms with Gasteiger partial charge in [-0.05, 0) is 65.0 Å². The maximum absolute atomic E-state index is 9.10. The van der Waals surface area contributed by atoms with Gasteiger partial charge in [-0.2, -0.15) is 0 Å². The van der Waals surface area contributed by atoms with Crippen molar-refractivity contribution in [2.75, 3.05) is 7.11 Å². The lowest BCUT2D eigenvalue weighted by Crippen LogP contribution is -2.34. The van der Waals surface area contributed by atoms with E-state index < -0.39 is 0 Å². The molecule has 0 aliphatic heterocycles. The number of hydrogen-bond donors (Lipinski definition) is 1. The van der Waals surface area contributed by atoms with Crippen molar-refractivity contribution in [2.24, 2.45) is 5.16 Å². The molecular formula is C23H29NO2. The Hall–Kier alpha value is -2.29. The molecule has 0 atom stereocenters. The van der Waals surface area contributed by atoms with Crippen molar-refractivity contribution in [3.05, 3.63) is 52.6 Å². The SMILES string of the molecule is COc1cccc(C=NO)c1-c1cc2c(cc1C)C(C)(C)CCC2(C)C. The van der Waals surface area contributed by atoms with Crippen LogP contribution >= 0.6 is 0 Å². The molecule has 0 aromatic heterocycles. The summed E-state index contributed by atoms with van der Waals surface area (Å²) < 4.78 is 5.64. The van der Waals surface area contributed by atoms with E-state index in [1.807, 2.05) is 18.2 Å². The number of oxime groups is 1. The zero-order valence-electron chi connectivity index (χ0n) is 16.7. The Balaban J connectivity index is 2.33. The van der Waals surface area contributed by atoms with E-state index in [2.05, 4.69) is 51.9 Å². The van der Waals surface area contributed by atoms with Gasteiger partial charge in [0.15, 0.2) is 0 Å². The van der Waals surface area contributed by atoms with Gasteiger partial charge in [0.2, 0.25) is 0 Å². The largest absolute Gasteiger partial charge is 0.496 e. The summed E-state index contributed by atoms with van der Waals surface area (Å²) in [6.07, 6.45) is 3.85. The molecule has 0 fully saturated rings. The van der Waals surface area contributed by atoms with Gasteiger partial charge in [-0.15, -0.1) is 0 Å². The maximum atomic E-state index is 9.10. The summed E-state index contributed by atoms with van der Waals surface area (Å²) >= 11 is 0. The first kappa shape index (κ1) is 18.5. The Morgan fingerprint density at radius 2 is 1.65 bits per heavy atom. The van der Waals surface area contributed by atoms with Crippen molar-refractivity contribution in [3.63, 3.8) is 0 Å². The van der Waals surface area contributed by atoms with Gasteiger partial charge < -0.3 is 9.94 Å². The van der Waals surface area contributed by atoms with Gasteiger partial charge in [-0.3, -0.25) is 0 Å². The number of nitrogens with zero attached hydrogens (tertiary/aromatic N) is 1. The quantitative estimate of drug-likeness (QED) is 0.429. The number of hydrogen-bond acceptors (Lipinski definition) is 3. The van der Waals surface area contributed by atoms with Crippen molar-refractivity contribution < 1.29 is 9.94 Å². The van der Waals surface area contributed by atoms with Crippen LogP contribution in [-0.4, -0.2) is 18.5 Å². The average Bonchev–Trinajstić information content (AvgIpc) is 2.59. The Morgan fingerprint density at radius 1 is 1.04 bits per heavy atom. The predicted molar refractivity (Wildman–Crippen MR) is 108 cm³/mol. The minimum atomic E-state index is 0.139. The van der Waals surface area contributed by atoms with Crippen molar-refractivity contribution in [1.82, 2.24) is 0 Å². The van der Waals surface area contributed by atoms with E-state index in [0.29, 0.717) is 0 Å². The van der Waals surface area contributed by atoms with E-state index >= 15 is 0 Å². The molecule has 1 aliphatic rings. The van der Waals surface area contributed by atoms with E-state index in [0.717, 1.165) is 22.4 Å². The van der Waals surface area contributed by atoms with Gasteiger partial charge in [0.1, 0.15) is 5.75 Å². The number of benzene rings is 2. The first-order chi connectivity index (χ1) is 12.2. The summed E-state index contributed by atoms with van der Waals surface area (Å²) in [6, 6.07) is 10.5. The molecule has 3 heteroatoms. The molecule has 0 saturated heterocycles. The fourth-order valence-electron chi connectivity index (χ4n) is 4.17. The predicted octanol–water partition coefficient (Wildman–Crippen LogP) is 5.83. The number of aryl methyl sites for hydroxylation is 1. The van der Waals surface area contributed by atoms with E-state index in [1.165, 1.54) is 35.7 Å². The molecule has 0 amide bonds. The van der Waals surface area contributed by atoms with Crippen LogP contribution in [0.1, 0.15) is 62.8 Å². The van der Waals surface area contributed by atoms with Crippen LogP contribution in [0.3, 0.4) is 0 Å². The zero-order chi connectivity index (χ0) is 19.1. The highest BCUT2D eigenvalue weighted by atomic mass is 16.5. The Bertz CT molecular complexity index is 863. The molecule has 3 nitrogen and oxygen atoms in total. The summed E-state index contributed by atoms with van der Waals surface area (Å²) in [6.45, 7) is 11.5. The molecule has 0 spiro atoms. The summed E-state index contributed by atoms with van der Waals surface area (Å²) in [4.78, 5) is 0. The monoisotopic (exact) mass is 351 g/mol. The highest BCUT2D eigenvalue weighted by Crippen LogP contribution is 2.48. The van der Waals surface area contributed by atoms with Crippen LogP contribution in [0.25, 0.3) is 11.1 Å². The molecule has 1 aliphatic carbocycles. The molecule has 138 valence electrons. The molecule has 0 radical (unpaired) electrons. The molecule has 1 N–H and O–H groups in total. The first-order valence-electron chi connectivity index (χ1n) is 9.22. The minimum Gasteiger partial charge on any atom is -0.496 e. The van der Waals surface area contributed by atoms with Crippen molar-refractivity contribution >= 4 is 6.21 Å². The number of ether oxygens (including phenoxy) is 1. The van der Waals surface area contributed by atoms with Gasteiger partial charge in [-0.25, -0.2) is 0 Å². The summed E-state index contributed by atoms with van der Waals surface area (Å²) in [5.74, 6) is 0.790. The molecule has 26 heavy (non-hydrogen) atoms. The van der Waals surface area contributed by atoms with Crippen LogP contribution in [0.15, 0.2) is 35.5 Å². The second-order valence-corrected chi connectivity index (χ2v) is 8.65. The second kappa shape index (κ2) is 6.46. The van der Waals surface area contributed by atoms with E-state index in [-0.39, 0.29) is 10.8 Å². The fraction of sp³-hybridized carbons (Fsp3) is 0.435. The van der Waals surface area contributed by atoms with Gasteiger partial charge in [0, 0.05) is 11.1 Å². The Kier molecular flexibility index (Phi) is 4.60. The highest BCUT2D eigenvalue weighted by Gasteiger charge is 2.37. The lowest BCUT2D eigenvalue weighted by Gasteiger charge is -2.42. The molecule has 0 heterocycles. The lowest BCUT2D eigenvalue weighted by atomic mass is 9.62. The highest BCUT2D eigenvalue weighted by molar-refractivity contribution is 5.93. The molecule has 0 bridgehead atoms. The van der Waals surface area contributed by atoms with Gasteiger partial charge in [0.25, 0.3) is 0 Å². The molecule has 0 saturated carbocycles. The van der Waals surface area contributed by atoms with E-state index in [9.17, 15) is 0 Å². The minimum absolute atomic E-state index is 0.139. The zero-order valence-corrected chi connectivity index (χ0v) is 16.7. The second-order valence-electron chi connectivity index (χ2n) is 8.65. The summed E-state index contributed by atoms with van der Waals surface area (Å²) in [7, 11) is 1.68. The third-order valence-corrected chi connectivity index (χ3v) is 5.94. The van der Waals surface area contributed by atoms with E-state index in [4.69, 9.17) is 9.94 Å². The van der Waals surface area contributed by atoms with Gasteiger partial charge in [-0.1, -0.05) is 51.0 Å². The van der Waals surface area contributed by atoms with Crippen LogP contribution in [0, 0.1) is 6.92 Å². The molecule has 3 rings (SSSR count). The first-order valence-corrected chi connectivity index (χ1v) is 9.22. The standard InChI is InChI=1S/C23H29NO2/c1-15-12-18-19(23(4,5)11-10-22(18,2)3)13-17(15)21-16(14-24-25)8-7-9-20(21)26-6/h7-9,12-14,25H,10-11H2,1-6H3. The number of fused-ring (bicyclic) bond motifs is 1. The Morgan fingerprint density at radius 3 is 2.23 bits per heavy atom. The third kappa shape index (κ3) is 3.00. The van der Waals surface area contributed by atoms with Crippen LogP contribution in [0.2, 0.25) is 0 Å². The van der Waals surface area contributed by atoms with Crippen LogP contribution in [0.5, 0.6) is 5.75 Å². The van der Waals surface area contributed by atoms with Crippen LogP contribution < -0.4 is 4.74 Å². The normalized spacial score (nSPS) is 17.9. The smallest absolute Gasteiger partial charge is 0.127 e. The molecule has 2 aromatic carbocycles. The average molecular weight is 351 g/mol. The number of rotatable bonds is 3.